The van der Waals surface area contributed by atoms with Gasteiger partial charge in [-0.05, 0) is 67.4 Å². The number of benzene rings is 3. The van der Waals surface area contributed by atoms with Gasteiger partial charge in [-0.1, -0.05) is 29.8 Å². The lowest BCUT2D eigenvalue weighted by Crippen LogP contribution is -2.47. The predicted octanol–water partition coefficient (Wildman–Crippen LogP) is 6.97. The monoisotopic (exact) mass is 607 g/mol. The Hall–Kier alpha value is -3.04. The number of nitrogens with zero attached hydrogens (tertiary/aromatic N) is 1. The Balaban J connectivity index is 1.68. The van der Waals surface area contributed by atoms with E-state index in [9.17, 15) is 39.2 Å². The van der Waals surface area contributed by atoms with Crippen molar-refractivity contribution in [1.29, 1.82) is 0 Å². The first-order chi connectivity index (χ1) is 19.0. The number of hydroxylamine groups is 2. The van der Waals surface area contributed by atoms with Gasteiger partial charge in [-0.2, -0.15) is 44.1 Å². The van der Waals surface area contributed by atoms with Crippen LogP contribution in [0.1, 0.15) is 46.9 Å². The molecule has 3 unspecified atom stereocenters. The molecule has 0 bridgehead atoms. The van der Waals surface area contributed by atoms with Gasteiger partial charge in [0.05, 0.1) is 28.7 Å². The maximum atomic E-state index is 13.7. The van der Waals surface area contributed by atoms with E-state index in [1.54, 1.807) is 19.1 Å². The Morgan fingerprint density at radius 2 is 1.46 bits per heavy atom. The van der Waals surface area contributed by atoms with Crippen LogP contribution in [-0.2, 0) is 36.2 Å². The molecule has 3 aromatic rings. The standard InChI is InChI=1S/C27H24F7NO5S/c1-16-3-9-23(10-4-16)41(36,37)40-35-11-12-38-25(24(35)18-5-7-22(28)8-6-18)39-17(2)19-13-20(26(29,30)31)15-21(14-19)27(32,33)34/h3-10,13-15,17,24-25H,11-12H2,1-2H3. The van der Waals surface area contributed by atoms with Gasteiger partial charge >= 0.3 is 22.5 Å². The largest absolute Gasteiger partial charge is 0.416 e. The number of aryl methyl sites for hydroxylation is 1. The summed E-state index contributed by atoms with van der Waals surface area (Å²) in [6.45, 7) is 2.69. The molecule has 0 N–H and O–H groups in total. The van der Waals surface area contributed by atoms with Crippen molar-refractivity contribution < 1.29 is 52.9 Å². The number of hydrogen-bond donors (Lipinski definition) is 0. The average molecular weight is 608 g/mol. The number of morpholine rings is 1. The van der Waals surface area contributed by atoms with E-state index in [1.165, 1.54) is 31.2 Å². The fraction of sp³-hybridized carbons (Fsp3) is 0.333. The lowest BCUT2D eigenvalue weighted by atomic mass is 10.0. The van der Waals surface area contributed by atoms with Crippen LogP contribution in [0.3, 0.4) is 0 Å². The topological polar surface area (TPSA) is 65.1 Å². The van der Waals surface area contributed by atoms with Gasteiger partial charge in [-0.3, -0.25) is 0 Å². The summed E-state index contributed by atoms with van der Waals surface area (Å²) in [6.07, 6.45) is -13.0. The van der Waals surface area contributed by atoms with Gasteiger partial charge in [0, 0.05) is 6.54 Å². The fourth-order valence-electron chi connectivity index (χ4n) is 4.17. The van der Waals surface area contributed by atoms with Crippen molar-refractivity contribution in [2.75, 3.05) is 13.2 Å². The van der Waals surface area contributed by atoms with Gasteiger partial charge in [-0.15, -0.1) is 0 Å². The summed E-state index contributed by atoms with van der Waals surface area (Å²) in [4.78, 5) is -0.165. The Labute approximate surface area is 231 Å². The number of hydrogen-bond acceptors (Lipinski definition) is 6. The van der Waals surface area contributed by atoms with Crippen LogP contribution >= 0.6 is 0 Å². The molecule has 4 rings (SSSR count). The van der Waals surface area contributed by atoms with E-state index in [0.717, 1.165) is 22.8 Å². The van der Waals surface area contributed by atoms with E-state index < -0.39 is 63.4 Å². The zero-order valence-corrected chi connectivity index (χ0v) is 22.4. The van der Waals surface area contributed by atoms with Gasteiger partial charge in [0.2, 0.25) is 0 Å². The van der Waals surface area contributed by atoms with E-state index >= 15 is 0 Å². The molecule has 1 fully saturated rings. The molecule has 14 heteroatoms. The molecule has 0 aromatic heterocycles. The first-order valence-corrected chi connectivity index (χ1v) is 13.6. The highest BCUT2D eigenvalue weighted by molar-refractivity contribution is 7.86. The fourth-order valence-corrected chi connectivity index (χ4v) is 5.15. The van der Waals surface area contributed by atoms with Crippen LogP contribution in [0.5, 0.6) is 0 Å². The predicted molar refractivity (Wildman–Crippen MR) is 131 cm³/mol. The van der Waals surface area contributed by atoms with Gasteiger partial charge in [0.1, 0.15) is 11.9 Å². The van der Waals surface area contributed by atoms with Crippen LogP contribution in [0.4, 0.5) is 30.7 Å². The summed E-state index contributed by atoms with van der Waals surface area (Å²) in [6, 6.07) is 10.4. The zero-order chi connectivity index (χ0) is 30.2. The number of alkyl halides is 6. The summed E-state index contributed by atoms with van der Waals surface area (Å²) in [7, 11) is -4.38. The number of ether oxygens (including phenoxy) is 2. The van der Waals surface area contributed by atoms with Gasteiger partial charge in [-0.25, -0.2) is 4.39 Å². The molecule has 6 nitrogen and oxygen atoms in total. The molecule has 1 saturated heterocycles. The van der Waals surface area contributed by atoms with Crippen LogP contribution in [-0.4, -0.2) is 32.9 Å². The van der Waals surface area contributed by atoms with Crippen LogP contribution in [0.25, 0.3) is 0 Å². The zero-order valence-electron chi connectivity index (χ0n) is 21.5. The summed E-state index contributed by atoms with van der Waals surface area (Å²) in [5, 5.41) is 1.01. The van der Waals surface area contributed by atoms with Gasteiger partial charge in [0.25, 0.3) is 0 Å². The lowest BCUT2D eigenvalue weighted by Gasteiger charge is -2.40. The highest BCUT2D eigenvalue weighted by Crippen LogP contribution is 2.40. The van der Waals surface area contributed by atoms with E-state index in [1.807, 2.05) is 0 Å². The summed E-state index contributed by atoms with van der Waals surface area (Å²) in [5.41, 5.74) is -2.44. The third kappa shape index (κ3) is 7.43. The molecule has 1 aliphatic rings. The minimum Gasteiger partial charge on any atom is -0.349 e. The van der Waals surface area contributed by atoms with Crippen molar-refractivity contribution in [1.82, 2.24) is 5.06 Å². The van der Waals surface area contributed by atoms with Crippen molar-refractivity contribution in [2.45, 2.75) is 49.5 Å². The van der Waals surface area contributed by atoms with Crippen LogP contribution < -0.4 is 0 Å². The normalized spacial score (nSPS) is 19.7. The van der Waals surface area contributed by atoms with Gasteiger partial charge < -0.3 is 9.47 Å². The molecular weight excluding hydrogens is 583 g/mol. The summed E-state index contributed by atoms with van der Waals surface area (Å²) >= 11 is 0. The molecule has 0 aliphatic carbocycles. The second-order valence-corrected chi connectivity index (χ2v) is 10.9. The lowest BCUT2D eigenvalue weighted by molar-refractivity contribution is -0.277. The third-order valence-corrected chi connectivity index (χ3v) is 7.53. The summed E-state index contributed by atoms with van der Waals surface area (Å²) in [5.74, 6) is -0.611. The first kappa shape index (κ1) is 30.9. The van der Waals surface area contributed by atoms with Crippen molar-refractivity contribution in [3.8, 4) is 0 Å². The molecule has 1 heterocycles. The molecular formula is C27H24F7NO5S. The molecule has 0 radical (unpaired) electrons. The smallest absolute Gasteiger partial charge is 0.349 e. The van der Waals surface area contributed by atoms with Crippen molar-refractivity contribution in [2.24, 2.45) is 0 Å². The molecule has 0 amide bonds. The van der Waals surface area contributed by atoms with Crippen molar-refractivity contribution in [3.05, 3.63) is 100 Å². The minimum absolute atomic E-state index is 0.000156. The maximum absolute atomic E-state index is 13.7. The van der Waals surface area contributed by atoms with E-state index in [0.29, 0.717) is 12.1 Å². The van der Waals surface area contributed by atoms with Crippen molar-refractivity contribution >= 4 is 10.1 Å². The second-order valence-electron chi connectivity index (χ2n) is 9.34. The van der Waals surface area contributed by atoms with E-state index in [2.05, 4.69) is 0 Å². The molecule has 1 aliphatic heterocycles. The molecule has 0 spiro atoms. The Morgan fingerprint density at radius 1 is 0.902 bits per heavy atom. The third-order valence-electron chi connectivity index (χ3n) is 6.29. The van der Waals surface area contributed by atoms with Crippen molar-refractivity contribution in [3.63, 3.8) is 0 Å². The van der Waals surface area contributed by atoms with Crippen LogP contribution in [0.2, 0.25) is 0 Å². The van der Waals surface area contributed by atoms with E-state index in [4.69, 9.17) is 13.8 Å². The molecule has 3 aromatic carbocycles. The SMILES string of the molecule is Cc1ccc(S(=O)(=O)ON2CCOC(OC(C)c3cc(C(F)(F)F)cc(C(F)(F)F)c3)C2c2ccc(F)cc2)cc1. The Morgan fingerprint density at radius 3 is 2.00 bits per heavy atom. The highest BCUT2D eigenvalue weighted by Gasteiger charge is 2.41. The van der Waals surface area contributed by atoms with Crippen LogP contribution in [0.15, 0.2) is 71.6 Å². The second kappa shape index (κ2) is 11.7. The molecule has 0 saturated carbocycles. The molecule has 41 heavy (non-hydrogen) atoms. The number of halogens is 7. The maximum Gasteiger partial charge on any atom is 0.416 e. The van der Waals surface area contributed by atoms with Gasteiger partial charge in [0.15, 0.2) is 6.29 Å². The molecule has 222 valence electrons. The molecule has 3 atom stereocenters. The first-order valence-electron chi connectivity index (χ1n) is 12.1. The number of rotatable bonds is 7. The summed E-state index contributed by atoms with van der Waals surface area (Å²) < 4.78 is 137. The Kier molecular flexibility index (Phi) is 8.81. The minimum atomic E-state index is -5.07. The quantitative estimate of drug-likeness (QED) is 0.271. The van der Waals surface area contributed by atoms with Crippen LogP contribution in [0, 0.1) is 12.7 Å². The Bertz CT molecular complexity index is 1430. The highest BCUT2D eigenvalue weighted by atomic mass is 32.2. The average Bonchev–Trinajstić information content (AvgIpc) is 2.88. The van der Waals surface area contributed by atoms with E-state index in [-0.39, 0.29) is 29.7 Å².